The van der Waals surface area contributed by atoms with Gasteiger partial charge in [-0.25, -0.2) is 4.39 Å². The molecule has 3 nitrogen and oxygen atoms in total. The smallest absolute Gasteiger partial charge is 0.200 e. The third-order valence-corrected chi connectivity index (χ3v) is 2.45. The molecule has 0 aliphatic rings. The molecule has 0 radical (unpaired) electrons. The summed E-state index contributed by atoms with van der Waals surface area (Å²) < 4.78 is 16.8. The summed E-state index contributed by atoms with van der Waals surface area (Å²) in [7, 11) is 0. The van der Waals surface area contributed by atoms with Crippen molar-refractivity contribution in [2.24, 2.45) is 0 Å². The van der Waals surface area contributed by atoms with Gasteiger partial charge in [-0.15, -0.1) is 0 Å². The first kappa shape index (κ1) is 9.36. The van der Waals surface area contributed by atoms with E-state index in [2.05, 4.69) is 9.36 Å². The fraction of sp³-hybridized carbons (Fsp3) is 0. The fourth-order valence-electron chi connectivity index (χ4n) is 0.988. The first-order valence-electron chi connectivity index (χ1n) is 3.71. The Morgan fingerprint density at radius 1 is 1.43 bits per heavy atom. The molecular formula is C8H5ClFN3S. The maximum absolute atomic E-state index is 12.8. The zero-order chi connectivity index (χ0) is 10.1. The summed E-state index contributed by atoms with van der Waals surface area (Å²) in [6.07, 6.45) is 0. The number of aromatic nitrogens is 2. The Labute approximate surface area is 88.5 Å². The summed E-state index contributed by atoms with van der Waals surface area (Å²) in [6.45, 7) is 0. The molecule has 0 atom stereocenters. The molecular weight excluding hydrogens is 225 g/mol. The van der Waals surface area contributed by atoms with Gasteiger partial charge in [-0.3, -0.25) is 0 Å². The Balaban J connectivity index is 2.47. The van der Waals surface area contributed by atoms with Crippen molar-refractivity contribution < 1.29 is 4.39 Å². The molecule has 6 heteroatoms. The maximum Gasteiger partial charge on any atom is 0.200 e. The van der Waals surface area contributed by atoms with Crippen LogP contribution in [0.15, 0.2) is 18.2 Å². The first-order chi connectivity index (χ1) is 6.66. The van der Waals surface area contributed by atoms with Crippen molar-refractivity contribution in [3.05, 3.63) is 29.0 Å². The highest BCUT2D eigenvalue weighted by Gasteiger charge is 2.07. The van der Waals surface area contributed by atoms with Gasteiger partial charge < -0.3 is 5.73 Å². The van der Waals surface area contributed by atoms with E-state index in [1.54, 1.807) is 6.07 Å². The Morgan fingerprint density at radius 3 is 2.79 bits per heavy atom. The van der Waals surface area contributed by atoms with Crippen molar-refractivity contribution in [3.8, 4) is 11.4 Å². The van der Waals surface area contributed by atoms with Crippen molar-refractivity contribution in [3.63, 3.8) is 0 Å². The normalized spacial score (nSPS) is 10.4. The molecule has 0 fully saturated rings. The van der Waals surface area contributed by atoms with Crippen molar-refractivity contribution in [2.45, 2.75) is 0 Å². The van der Waals surface area contributed by atoms with Crippen LogP contribution in [0.25, 0.3) is 11.4 Å². The topological polar surface area (TPSA) is 51.8 Å². The number of hydrogen-bond acceptors (Lipinski definition) is 4. The van der Waals surface area contributed by atoms with Crippen LogP contribution < -0.4 is 5.73 Å². The average molecular weight is 230 g/mol. The van der Waals surface area contributed by atoms with E-state index in [1.807, 2.05) is 0 Å². The zero-order valence-corrected chi connectivity index (χ0v) is 8.44. The fourth-order valence-corrected chi connectivity index (χ4v) is 1.62. The summed E-state index contributed by atoms with van der Waals surface area (Å²) in [5.41, 5.74) is 6.08. The van der Waals surface area contributed by atoms with Gasteiger partial charge in [0, 0.05) is 17.1 Å². The molecule has 0 unspecified atom stereocenters. The van der Waals surface area contributed by atoms with Crippen LogP contribution in [0.3, 0.4) is 0 Å². The third kappa shape index (κ3) is 1.69. The average Bonchev–Trinajstić information content (AvgIpc) is 2.57. The van der Waals surface area contributed by atoms with E-state index in [0.717, 1.165) is 11.5 Å². The Morgan fingerprint density at radius 2 is 2.21 bits per heavy atom. The molecule has 1 aromatic carbocycles. The minimum absolute atomic E-state index is 0.0517. The quantitative estimate of drug-likeness (QED) is 0.818. The summed E-state index contributed by atoms with van der Waals surface area (Å²) in [5, 5.41) is 0.427. The first-order valence-corrected chi connectivity index (χ1v) is 4.86. The second-order valence-electron chi connectivity index (χ2n) is 2.59. The monoisotopic (exact) mass is 229 g/mol. The Bertz CT molecular complexity index is 471. The zero-order valence-electron chi connectivity index (χ0n) is 6.87. The second-order valence-corrected chi connectivity index (χ2v) is 3.78. The van der Waals surface area contributed by atoms with Crippen LogP contribution in [-0.4, -0.2) is 9.36 Å². The summed E-state index contributed by atoms with van der Waals surface area (Å²) in [5.74, 6) is 0.00742. The molecule has 14 heavy (non-hydrogen) atoms. The molecule has 0 amide bonds. The molecule has 1 heterocycles. The molecule has 0 aliphatic carbocycles. The van der Waals surface area contributed by atoms with Crippen LogP contribution >= 0.6 is 23.1 Å². The van der Waals surface area contributed by atoms with Crippen LogP contribution in [0.2, 0.25) is 5.02 Å². The summed E-state index contributed by atoms with van der Waals surface area (Å²) in [6, 6.07) is 4.30. The molecule has 0 spiro atoms. The molecule has 1 aromatic heterocycles. The maximum atomic E-state index is 12.8. The van der Waals surface area contributed by atoms with Crippen LogP contribution in [0.4, 0.5) is 9.52 Å². The van der Waals surface area contributed by atoms with Crippen molar-refractivity contribution >= 4 is 28.3 Å². The number of nitrogens with two attached hydrogens (primary N) is 1. The second kappa shape index (κ2) is 3.51. The lowest BCUT2D eigenvalue weighted by atomic mass is 10.2. The molecule has 2 rings (SSSR count). The van der Waals surface area contributed by atoms with Gasteiger partial charge in [-0.2, -0.15) is 9.36 Å². The minimum atomic E-state index is -0.460. The van der Waals surface area contributed by atoms with Gasteiger partial charge in [-0.1, -0.05) is 11.6 Å². The molecule has 0 aliphatic heterocycles. The predicted molar refractivity (Wildman–Crippen MR) is 54.7 cm³/mol. The number of hydrogen-bond donors (Lipinski definition) is 1. The van der Waals surface area contributed by atoms with Gasteiger partial charge in [0.15, 0.2) is 11.0 Å². The number of nitrogen functional groups attached to an aromatic ring is 1. The van der Waals surface area contributed by atoms with E-state index < -0.39 is 5.82 Å². The van der Waals surface area contributed by atoms with Crippen LogP contribution in [0, 0.1) is 5.82 Å². The number of rotatable bonds is 1. The Kier molecular flexibility index (Phi) is 2.35. The van der Waals surface area contributed by atoms with Crippen molar-refractivity contribution in [2.75, 3.05) is 5.73 Å². The van der Waals surface area contributed by atoms with Gasteiger partial charge in [0.2, 0.25) is 0 Å². The predicted octanol–water partition coefficient (Wildman–Crippen LogP) is 2.58. The van der Waals surface area contributed by atoms with Gasteiger partial charge in [-0.05, 0) is 18.2 Å². The highest BCUT2D eigenvalue weighted by molar-refractivity contribution is 7.09. The van der Waals surface area contributed by atoms with E-state index in [-0.39, 0.29) is 5.02 Å². The number of nitrogens with zero attached hydrogens (tertiary/aromatic N) is 2. The largest absolute Gasteiger partial charge is 0.374 e. The number of benzene rings is 1. The Hall–Kier alpha value is -1.20. The van der Waals surface area contributed by atoms with E-state index in [4.69, 9.17) is 17.3 Å². The molecule has 2 N–H and O–H groups in total. The standard InChI is InChI=1S/C8H5ClFN3S/c9-5-3-4(1-2-6(5)10)7-12-8(11)14-13-7/h1-3H,(H2,11,12,13). The molecule has 0 saturated carbocycles. The highest BCUT2D eigenvalue weighted by Crippen LogP contribution is 2.24. The van der Waals surface area contributed by atoms with E-state index in [9.17, 15) is 4.39 Å². The van der Waals surface area contributed by atoms with E-state index >= 15 is 0 Å². The van der Waals surface area contributed by atoms with E-state index in [1.165, 1.54) is 12.1 Å². The van der Waals surface area contributed by atoms with Crippen molar-refractivity contribution in [1.82, 2.24) is 9.36 Å². The minimum Gasteiger partial charge on any atom is -0.374 e. The molecule has 72 valence electrons. The van der Waals surface area contributed by atoms with Gasteiger partial charge >= 0.3 is 0 Å². The number of anilines is 1. The van der Waals surface area contributed by atoms with Gasteiger partial charge in [0.25, 0.3) is 0 Å². The van der Waals surface area contributed by atoms with E-state index in [0.29, 0.717) is 16.5 Å². The van der Waals surface area contributed by atoms with Gasteiger partial charge in [0.1, 0.15) is 5.82 Å². The third-order valence-electron chi connectivity index (χ3n) is 1.62. The van der Waals surface area contributed by atoms with Crippen molar-refractivity contribution in [1.29, 1.82) is 0 Å². The van der Waals surface area contributed by atoms with Gasteiger partial charge in [0.05, 0.1) is 5.02 Å². The highest BCUT2D eigenvalue weighted by atomic mass is 35.5. The molecule has 0 bridgehead atoms. The van der Waals surface area contributed by atoms with Crippen LogP contribution in [0.5, 0.6) is 0 Å². The lowest BCUT2D eigenvalue weighted by Crippen LogP contribution is -1.85. The number of halogens is 2. The van der Waals surface area contributed by atoms with Crippen LogP contribution in [0.1, 0.15) is 0 Å². The molecule has 0 saturated heterocycles. The lowest BCUT2D eigenvalue weighted by Gasteiger charge is -1.96. The molecule has 2 aromatic rings. The van der Waals surface area contributed by atoms with Crippen LogP contribution in [-0.2, 0) is 0 Å². The lowest BCUT2D eigenvalue weighted by molar-refractivity contribution is 0.628. The SMILES string of the molecule is Nc1nc(-c2ccc(F)c(Cl)c2)ns1. The summed E-state index contributed by atoms with van der Waals surface area (Å²) in [4.78, 5) is 3.96. The summed E-state index contributed by atoms with van der Waals surface area (Å²) >= 11 is 6.70.